The van der Waals surface area contributed by atoms with E-state index in [9.17, 15) is 9.90 Å². The van der Waals surface area contributed by atoms with Crippen molar-refractivity contribution in [2.45, 2.75) is 36.0 Å². The molecule has 2 aromatic carbocycles. The van der Waals surface area contributed by atoms with Gasteiger partial charge < -0.3 is 10.8 Å². The summed E-state index contributed by atoms with van der Waals surface area (Å²) in [6.07, 6.45) is 3.54. The maximum atomic E-state index is 11.2. The van der Waals surface area contributed by atoms with Crippen LogP contribution in [-0.4, -0.2) is 11.1 Å². The molecule has 1 aliphatic carbocycles. The fraction of sp³-hybridized carbons (Fsp3) is 0.235. The summed E-state index contributed by atoms with van der Waals surface area (Å²) in [6.45, 7) is 1.84. The van der Waals surface area contributed by atoms with Crippen molar-refractivity contribution in [3.05, 3.63) is 52.6 Å². The monoisotopic (exact) mass is 299 g/mol. The Morgan fingerprint density at radius 2 is 1.90 bits per heavy atom. The molecule has 0 fully saturated rings. The topological polar surface area (TPSA) is 63.3 Å². The van der Waals surface area contributed by atoms with E-state index in [0.717, 1.165) is 21.8 Å². The molecule has 0 aliphatic heterocycles. The lowest BCUT2D eigenvalue weighted by Gasteiger charge is -2.10. The van der Waals surface area contributed by atoms with Crippen LogP contribution in [0.2, 0.25) is 0 Å². The third kappa shape index (κ3) is 2.76. The minimum atomic E-state index is -0.980. The first-order valence-corrected chi connectivity index (χ1v) is 7.79. The Labute approximate surface area is 128 Å². The Morgan fingerprint density at radius 1 is 1.14 bits per heavy atom. The van der Waals surface area contributed by atoms with Gasteiger partial charge in [0, 0.05) is 15.5 Å². The SMILES string of the molecule is Cc1cc(Sc2ccc3c(c2)CCC3)cc(C(=O)O)c1N. The minimum Gasteiger partial charge on any atom is -0.478 e. The van der Waals surface area contributed by atoms with Crippen molar-refractivity contribution >= 4 is 23.4 Å². The zero-order chi connectivity index (χ0) is 15.0. The smallest absolute Gasteiger partial charge is 0.337 e. The van der Waals surface area contributed by atoms with Crippen LogP contribution in [0.1, 0.15) is 33.5 Å². The Bertz CT molecular complexity index is 725. The van der Waals surface area contributed by atoms with E-state index in [-0.39, 0.29) is 5.56 Å². The molecule has 4 heteroatoms. The number of carboxylic acid groups (broad SMARTS) is 1. The van der Waals surface area contributed by atoms with Crippen molar-refractivity contribution < 1.29 is 9.90 Å². The Morgan fingerprint density at radius 3 is 2.67 bits per heavy atom. The van der Waals surface area contributed by atoms with Crippen LogP contribution in [0.4, 0.5) is 5.69 Å². The molecule has 0 radical (unpaired) electrons. The van der Waals surface area contributed by atoms with Crippen molar-refractivity contribution in [1.82, 2.24) is 0 Å². The summed E-state index contributed by atoms with van der Waals surface area (Å²) >= 11 is 1.59. The van der Waals surface area contributed by atoms with E-state index in [0.29, 0.717) is 5.69 Å². The van der Waals surface area contributed by atoms with Crippen LogP contribution in [0.5, 0.6) is 0 Å². The lowest BCUT2D eigenvalue weighted by atomic mass is 10.1. The second kappa shape index (κ2) is 5.45. The van der Waals surface area contributed by atoms with E-state index >= 15 is 0 Å². The molecule has 0 unspecified atom stereocenters. The number of aryl methyl sites for hydroxylation is 3. The highest BCUT2D eigenvalue weighted by Crippen LogP contribution is 2.34. The summed E-state index contributed by atoms with van der Waals surface area (Å²) < 4.78 is 0. The number of carboxylic acids is 1. The fourth-order valence-corrected chi connectivity index (χ4v) is 3.77. The molecule has 0 spiro atoms. The quantitative estimate of drug-likeness (QED) is 0.843. The Kier molecular flexibility index (Phi) is 3.64. The van der Waals surface area contributed by atoms with Crippen LogP contribution in [0.3, 0.4) is 0 Å². The van der Waals surface area contributed by atoms with Crippen molar-refractivity contribution in [3.63, 3.8) is 0 Å². The lowest BCUT2D eigenvalue weighted by Crippen LogP contribution is -2.04. The summed E-state index contributed by atoms with van der Waals surface area (Å²) in [7, 11) is 0. The van der Waals surface area contributed by atoms with E-state index in [1.165, 1.54) is 24.0 Å². The first-order valence-electron chi connectivity index (χ1n) is 6.97. The molecular weight excluding hydrogens is 282 g/mol. The van der Waals surface area contributed by atoms with Gasteiger partial charge in [-0.25, -0.2) is 4.79 Å². The van der Waals surface area contributed by atoms with Gasteiger partial charge in [-0.3, -0.25) is 0 Å². The molecule has 21 heavy (non-hydrogen) atoms. The summed E-state index contributed by atoms with van der Waals surface area (Å²) in [5.41, 5.74) is 10.0. The Hall–Kier alpha value is -1.94. The molecule has 3 rings (SSSR count). The summed E-state index contributed by atoms with van der Waals surface area (Å²) in [5.74, 6) is -0.980. The van der Waals surface area contributed by atoms with E-state index in [4.69, 9.17) is 5.73 Å². The molecule has 1 aliphatic rings. The molecular formula is C17H17NO2S. The van der Waals surface area contributed by atoms with Crippen LogP contribution < -0.4 is 5.73 Å². The molecule has 108 valence electrons. The molecule has 0 saturated carbocycles. The molecule has 0 aromatic heterocycles. The third-order valence-electron chi connectivity index (χ3n) is 3.90. The second-order valence-electron chi connectivity index (χ2n) is 5.39. The number of hydrogen-bond donors (Lipinski definition) is 2. The molecule has 0 heterocycles. The lowest BCUT2D eigenvalue weighted by molar-refractivity contribution is 0.0697. The number of hydrogen-bond acceptors (Lipinski definition) is 3. The first kappa shape index (κ1) is 14.0. The summed E-state index contributed by atoms with van der Waals surface area (Å²) in [4.78, 5) is 13.3. The largest absolute Gasteiger partial charge is 0.478 e. The second-order valence-corrected chi connectivity index (χ2v) is 6.54. The number of fused-ring (bicyclic) bond motifs is 1. The highest BCUT2D eigenvalue weighted by atomic mass is 32.2. The highest BCUT2D eigenvalue weighted by Gasteiger charge is 2.14. The van der Waals surface area contributed by atoms with Crippen molar-refractivity contribution in [2.75, 3.05) is 5.73 Å². The predicted molar refractivity (Wildman–Crippen MR) is 85.1 cm³/mol. The van der Waals surface area contributed by atoms with Crippen LogP contribution in [0.15, 0.2) is 40.1 Å². The van der Waals surface area contributed by atoms with Crippen molar-refractivity contribution in [3.8, 4) is 0 Å². The number of aromatic carboxylic acids is 1. The molecule has 0 saturated heterocycles. The van der Waals surface area contributed by atoms with Gasteiger partial charge in [0.1, 0.15) is 0 Å². The average Bonchev–Trinajstić information content (AvgIpc) is 2.89. The normalized spacial score (nSPS) is 13.2. The van der Waals surface area contributed by atoms with E-state index in [1.54, 1.807) is 17.8 Å². The number of anilines is 1. The molecule has 3 nitrogen and oxygen atoms in total. The van der Waals surface area contributed by atoms with Crippen molar-refractivity contribution in [1.29, 1.82) is 0 Å². The molecule has 0 amide bonds. The molecule has 0 atom stereocenters. The van der Waals surface area contributed by atoms with E-state index in [2.05, 4.69) is 18.2 Å². The average molecular weight is 299 g/mol. The zero-order valence-corrected chi connectivity index (χ0v) is 12.7. The molecule has 3 N–H and O–H groups in total. The van der Waals surface area contributed by atoms with Gasteiger partial charge in [0.2, 0.25) is 0 Å². The molecule has 2 aromatic rings. The number of nitrogens with two attached hydrogens (primary N) is 1. The van der Waals surface area contributed by atoms with Gasteiger partial charge in [-0.05, 0) is 67.1 Å². The van der Waals surface area contributed by atoms with Gasteiger partial charge in [-0.2, -0.15) is 0 Å². The van der Waals surface area contributed by atoms with Gasteiger partial charge in [-0.15, -0.1) is 0 Å². The van der Waals surface area contributed by atoms with Gasteiger partial charge in [0.05, 0.1) is 5.56 Å². The third-order valence-corrected chi connectivity index (χ3v) is 4.86. The predicted octanol–water partition coefficient (Wildman–Crippen LogP) is 3.92. The first-order chi connectivity index (χ1) is 10.0. The zero-order valence-electron chi connectivity index (χ0n) is 11.8. The number of nitrogen functional groups attached to an aromatic ring is 1. The van der Waals surface area contributed by atoms with Crippen LogP contribution in [0, 0.1) is 6.92 Å². The molecule has 0 bridgehead atoms. The van der Waals surface area contributed by atoms with Gasteiger partial charge in [-0.1, -0.05) is 17.8 Å². The number of benzene rings is 2. The van der Waals surface area contributed by atoms with E-state index < -0.39 is 5.97 Å². The van der Waals surface area contributed by atoms with Crippen LogP contribution in [-0.2, 0) is 12.8 Å². The fourth-order valence-electron chi connectivity index (χ4n) is 2.75. The van der Waals surface area contributed by atoms with Gasteiger partial charge in [0.25, 0.3) is 0 Å². The maximum Gasteiger partial charge on any atom is 0.337 e. The van der Waals surface area contributed by atoms with E-state index in [1.807, 2.05) is 13.0 Å². The number of carbonyl (C=O) groups is 1. The Balaban J connectivity index is 1.93. The standard InChI is InChI=1S/C17H17NO2S/c1-10-7-14(9-15(16(10)18)17(19)20)21-13-6-5-11-3-2-4-12(11)8-13/h5-9H,2-4,18H2,1H3,(H,19,20). The number of rotatable bonds is 3. The van der Waals surface area contributed by atoms with Crippen molar-refractivity contribution in [2.24, 2.45) is 0 Å². The van der Waals surface area contributed by atoms with Gasteiger partial charge >= 0.3 is 5.97 Å². The minimum absolute atomic E-state index is 0.179. The highest BCUT2D eigenvalue weighted by molar-refractivity contribution is 7.99. The van der Waals surface area contributed by atoms with Gasteiger partial charge in [0.15, 0.2) is 0 Å². The van der Waals surface area contributed by atoms with Crippen LogP contribution >= 0.6 is 11.8 Å². The maximum absolute atomic E-state index is 11.2. The summed E-state index contributed by atoms with van der Waals surface area (Å²) in [6, 6.07) is 10.1. The summed E-state index contributed by atoms with van der Waals surface area (Å²) in [5, 5.41) is 9.22. The van der Waals surface area contributed by atoms with Crippen LogP contribution in [0.25, 0.3) is 0 Å².